The van der Waals surface area contributed by atoms with E-state index in [0.717, 1.165) is 6.07 Å². The number of nitro groups is 1. The standard InChI is InChI=1S/C17H17N3O7S/c1-11-3-6-14(20(24)25)9-16(11)19(10-17(22)23)28(26,27)15-7-4-13(5-8-15)18-12(2)21/h3-9H,10H2,1-2H3,(H,18,21)(H,22,23). The summed E-state index contributed by atoms with van der Waals surface area (Å²) in [5, 5.41) is 22.7. The number of rotatable bonds is 7. The lowest BCUT2D eigenvalue weighted by molar-refractivity contribution is -0.384. The average molecular weight is 407 g/mol. The summed E-state index contributed by atoms with van der Waals surface area (Å²) in [6, 6.07) is 8.69. The first kappa shape index (κ1) is 20.8. The van der Waals surface area contributed by atoms with Crippen molar-refractivity contribution in [2.45, 2.75) is 18.7 Å². The van der Waals surface area contributed by atoms with Crippen LogP contribution in [0.25, 0.3) is 0 Å². The predicted octanol–water partition coefficient (Wildman–Crippen LogP) is 2.14. The Morgan fingerprint density at radius 3 is 2.29 bits per heavy atom. The fraction of sp³-hybridized carbons (Fsp3) is 0.176. The number of carbonyl (C=O) groups is 2. The van der Waals surface area contributed by atoms with Gasteiger partial charge in [0.2, 0.25) is 5.91 Å². The Morgan fingerprint density at radius 2 is 1.79 bits per heavy atom. The molecule has 28 heavy (non-hydrogen) atoms. The van der Waals surface area contributed by atoms with E-state index < -0.39 is 27.5 Å². The lowest BCUT2D eigenvalue weighted by Crippen LogP contribution is -2.36. The Morgan fingerprint density at radius 1 is 1.18 bits per heavy atom. The van der Waals surface area contributed by atoms with Crippen molar-refractivity contribution in [3.8, 4) is 0 Å². The number of hydrogen-bond donors (Lipinski definition) is 2. The number of amides is 1. The summed E-state index contributed by atoms with van der Waals surface area (Å²) in [5.74, 6) is -1.76. The van der Waals surface area contributed by atoms with Crippen LogP contribution in [0.2, 0.25) is 0 Å². The molecule has 2 N–H and O–H groups in total. The monoisotopic (exact) mass is 407 g/mol. The quantitative estimate of drug-likeness (QED) is 0.528. The Bertz CT molecular complexity index is 1030. The van der Waals surface area contributed by atoms with Crippen LogP contribution in [0, 0.1) is 17.0 Å². The highest BCUT2D eigenvalue weighted by Crippen LogP contribution is 2.30. The smallest absolute Gasteiger partial charge is 0.324 e. The second-order valence-corrected chi connectivity index (χ2v) is 7.70. The van der Waals surface area contributed by atoms with Crippen LogP contribution in [0.4, 0.5) is 17.1 Å². The maximum Gasteiger partial charge on any atom is 0.324 e. The molecule has 0 aliphatic carbocycles. The molecule has 0 heterocycles. The Kier molecular flexibility index (Phi) is 5.99. The summed E-state index contributed by atoms with van der Waals surface area (Å²) in [6.45, 7) is 1.89. The van der Waals surface area contributed by atoms with Crippen molar-refractivity contribution >= 4 is 39.0 Å². The molecule has 0 fully saturated rings. The number of sulfonamides is 1. The molecule has 0 aromatic heterocycles. The summed E-state index contributed by atoms with van der Waals surface area (Å²) >= 11 is 0. The second kappa shape index (κ2) is 8.05. The van der Waals surface area contributed by atoms with E-state index in [1.807, 2.05) is 0 Å². The van der Waals surface area contributed by atoms with Crippen LogP contribution in [0.15, 0.2) is 47.4 Å². The number of nitrogens with zero attached hydrogens (tertiary/aromatic N) is 2. The molecule has 2 rings (SSSR count). The SMILES string of the molecule is CC(=O)Nc1ccc(S(=O)(=O)N(CC(=O)O)c2cc([N+](=O)[O-])ccc2C)cc1. The number of carboxylic acids is 1. The van der Waals surface area contributed by atoms with Crippen molar-refractivity contribution in [3.63, 3.8) is 0 Å². The van der Waals surface area contributed by atoms with E-state index in [-0.39, 0.29) is 22.2 Å². The van der Waals surface area contributed by atoms with Gasteiger partial charge in [-0.1, -0.05) is 6.07 Å². The summed E-state index contributed by atoms with van der Waals surface area (Å²) in [5.41, 5.74) is 0.239. The molecule has 0 aliphatic heterocycles. The highest BCUT2D eigenvalue weighted by molar-refractivity contribution is 7.92. The molecular weight excluding hydrogens is 390 g/mol. The van der Waals surface area contributed by atoms with Gasteiger partial charge in [-0.2, -0.15) is 0 Å². The van der Waals surface area contributed by atoms with E-state index in [2.05, 4.69) is 5.32 Å². The average Bonchev–Trinajstić information content (AvgIpc) is 2.60. The zero-order chi connectivity index (χ0) is 21.1. The van der Waals surface area contributed by atoms with Crippen LogP contribution in [-0.4, -0.2) is 36.9 Å². The summed E-state index contributed by atoms with van der Waals surface area (Å²) in [7, 11) is -4.34. The van der Waals surface area contributed by atoms with Crippen molar-refractivity contribution in [3.05, 3.63) is 58.1 Å². The topological polar surface area (TPSA) is 147 Å². The Labute approximate surface area is 160 Å². The number of non-ortho nitro benzene ring substituents is 1. The lowest BCUT2D eigenvalue weighted by Gasteiger charge is -2.24. The van der Waals surface area contributed by atoms with Crippen molar-refractivity contribution in [2.75, 3.05) is 16.2 Å². The predicted molar refractivity (Wildman–Crippen MR) is 101 cm³/mol. The molecule has 0 atom stereocenters. The molecule has 10 nitrogen and oxygen atoms in total. The molecule has 11 heteroatoms. The van der Waals surface area contributed by atoms with Gasteiger partial charge in [-0.3, -0.25) is 24.0 Å². The highest BCUT2D eigenvalue weighted by atomic mass is 32.2. The van der Waals surface area contributed by atoms with Gasteiger partial charge >= 0.3 is 5.97 Å². The fourth-order valence-electron chi connectivity index (χ4n) is 2.44. The van der Waals surface area contributed by atoms with Gasteiger partial charge in [0, 0.05) is 24.7 Å². The molecule has 0 spiro atoms. The minimum atomic E-state index is -4.34. The number of anilines is 2. The van der Waals surface area contributed by atoms with Crippen molar-refractivity contribution in [2.24, 2.45) is 0 Å². The normalized spacial score (nSPS) is 10.9. The highest BCUT2D eigenvalue weighted by Gasteiger charge is 2.29. The van der Waals surface area contributed by atoms with Gasteiger partial charge in [-0.25, -0.2) is 8.42 Å². The van der Waals surface area contributed by atoms with Gasteiger partial charge in [-0.05, 0) is 36.8 Å². The van der Waals surface area contributed by atoms with Crippen LogP contribution < -0.4 is 9.62 Å². The molecule has 0 saturated carbocycles. The Balaban J connectivity index is 2.56. The van der Waals surface area contributed by atoms with Gasteiger partial charge in [0.25, 0.3) is 15.7 Å². The zero-order valence-electron chi connectivity index (χ0n) is 14.9. The van der Waals surface area contributed by atoms with E-state index in [0.29, 0.717) is 15.6 Å². The van der Waals surface area contributed by atoms with Crippen LogP contribution in [0.3, 0.4) is 0 Å². The van der Waals surface area contributed by atoms with Gasteiger partial charge in [0.05, 0.1) is 15.5 Å². The van der Waals surface area contributed by atoms with E-state index in [1.54, 1.807) is 0 Å². The molecule has 148 valence electrons. The van der Waals surface area contributed by atoms with Crippen LogP contribution in [0.1, 0.15) is 12.5 Å². The minimum absolute atomic E-state index is 0.109. The van der Waals surface area contributed by atoms with Crippen LogP contribution in [-0.2, 0) is 19.6 Å². The number of hydrogen-bond acceptors (Lipinski definition) is 6. The molecule has 2 aromatic rings. The van der Waals surface area contributed by atoms with Crippen LogP contribution >= 0.6 is 0 Å². The summed E-state index contributed by atoms with van der Waals surface area (Å²) < 4.78 is 26.7. The van der Waals surface area contributed by atoms with Gasteiger partial charge in [0.15, 0.2) is 0 Å². The van der Waals surface area contributed by atoms with Crippen molar-refractivity contribution < 1.29 is 28.0 Å². The first-order valence-electron chi connectivity index (χ1n) is 7.89. The number of nitrogens with one attached hydrogen (secondary N) is 1. The largest absolute Gasteiger partial charge is 0.480 e. The van der Waals surface area contributed by atoms with Gasteiger partial charge < -0.3 is 10.4 Å². The molecule has 0 aliphatic rings. The molecule has 2 aromatic carbocycles. The number of aryl methyl sites for hydroxylation is 1. The Hall–Kier alpha value is -3.47. The molecule has 0 saturated heterocycles. The molecule has 0 bridgehead atoms. The zero-order valence-corrected chi connectivity index (χ0v) is 15.8. The summed E-state index contributed by atoms with van der Waals surface area (Å²) in [4.78, 5) is 32.5. The van der Waals surface area contributed by atoms with E-state index in [4.69, 9.17) is 0 Å². The van der Waals surface area contributed by atoms with Crippen molar-refractivity contribution in [1.82, 2.24) is 0 Å². The number of carbonyl (C=O) groups excluding carboxylic acids is 1. The third-order valence-corrected chi connectivity index (χ3v) is 5.49. The molecule has 0 unspecified atom stereocenters. The number of nitro benzene ring substituents is 1. The van der Waals surface area contributed by atoms with E-state index in [9.17, 15) is 33.2 Å². The van der Waals surface area contributed by atoms with Gasteiger partial charge in [0.1, 0.15) is 6.54 Å². The third kappa shape index (κ3) is 4.62. The lowest BCUT2D eigenvalue weighted by atomic mass is 10.2. The van der Waals surface area contributed by atoms with E-state index in [1.165, 1.54) is 50.2 Å². The third-order valence-electron chi connectivity index (χ3n) is 3.71. The second-order valence-electron chi connectivity index (χ2n) is 5.84. The van der Waals surface area contributed by atoms with Crippen molar-refractivity contribution in [1.29, 1.82) is 0 Å². The molecule has 0 radical (unpaired) electrons. The number of aliphatic carboxylic acids is 1. The molecule has 1 amide bonds. The maximum atomic E-state index is 13.0. The first-order chi connectivity index (χ1) is 13.0. The van der Waals surface area contributed by atoms with Gasteiger partial charge in [-0.15, -0.1) is 0 Å². The van der Waals surface area contributed by atoms with E-state index >= 15 is 0 Å². The molecular formula is C17H17N3O7S. The minimum Gasteiger partial charge on any atom is -0.480 e. The number of carboxylic acid groups (broad SMARTS) is 1. The first-order valence-corrected chi connectivity index (χ1v) is 9.33. The fourth-order valence-corrected chi connectivity index (χ4v) is 3.91. The number of benzene rings is 2. The van der Waals surface area contributed by atoms with Crippen LogP contribution in [0.5, 0.6) is 0 Å². The summed E-state index contributed by atoms with van der Waals surface area (Å²) in [6.07, 6.45) is 0. The maximum absolute atomic E-state index is 13.0.